The molecular weight excluding hydrogens is 202 g/mol. The molecule has 0 aliphatic rings. The van der Waals surface area contributed by atoms with E-state index in [2.05, 4.69) is 5.32 Å². The standard InChI is InChI=1S/C9H17NO3S/c1-2-10-9(13)14-7-5-3-4-6-8(11)12/h2-7H2,1H3,(H,10,13)(H,11,12). The number of carboxylic acid groups (broad SMARTS) is 1. The third-order valence-corrected chi connectivity index (χ3v) is 2.49. The fraction of sp³-hybridized carbons (Fsp3) is 0.778. The summed E-state index contributed by atoms with van der Waals surface area (Å²) in [5.74, 6) is 0.0206. The highest BCUT2D eigenvalue weighted by molar-refractivity contribution is 8.13. The zero-order chi connectivity index (χ0) is 10.8. The predicted octanol–water partition coefficient (Wildman–Crippen LogP) is 2.09. The summed E-state index contributed by atoms with van der Waals surface area (Å²) in [6, 6.07) is 0. The number of rotatable bonds is 7. The summed E-state index contributed by atoms with van der Waals surface area (Å²) >= 11 is 1.26. The van der Waals surface area contributed by atoms with E-state index in [9.17, 15) is 9.59 Å². The molecule has 0 saturated heterocycles. The highest BCUT2D eigenvalue weighted by atomic mass is 32.2. The Morgan fingerprint density at radius 2 is 2.00 bits per heavy atom. The van der Waals surface area contributed by atoms with E-state index in [0.717, 1.165) is 18.6 Å². The first-order valence-corrected chi connectivity index (χ1v) is 5.77. The number of amides is 1. The van der Waals surface area contributed by atoms with Crippen molar-refractivity contribution in [1.29, 1.82) is 0 Å². The first-order valence-electron chi connectivity index (χ1n) is 4.79. The highest BCUT2D eigenvalue weighted by Gasteiger charge is 2.00. The van der Waals surface area contributed by atoms with Gasteiger partial charge in [-0.1, -0.05) is 18.2 Å². The molecule has 0 atom stereocenters. The molecule has 4 nitrogen and oxygen atoms in total. The summed E-state index contributed by atoms with van der Waals surface area (Å²) in [7, 11) is 0. The number of nitrogens with one attached hydrogen (secondary N) is 1. The number of thioether (sulfide) groups is 1. The zero-order valence-electron chi connectivity index (χ0n) is 8.41. The molecule has 0 aromatic heterocycles. The molecule has 0 unspecified atom stereocenters. The van der Waals surface area contributed by atoms with Crippen LogP contribution in [0.15, 0.2) is 0 Å². The monoisotopic (exact) mass is 219 g/mol. The van der Waals surface area contributed by atoms with Crippen LogP contribution >= 0.6 is 11.8 Å². The maximum absolute atomic E-state index is 10.9. The van der Waals surface area contributed by atoms with Crippen LogP contribution in [0.25, 0.3) is 0 Å². The molecule has 0 aromatic rings. The average molecular weight is 219 g/mol. The van der Waals surface area contributed by atoms with Crippen LogP contribution in [0.5, 0.6) is 0 Å². The van der Waals surface area contributed by atoms with E-state index in [1.807, 2.05) is 6.92 Å². The number of carboxylic acids is 1. The van der Waals surface area contributed by atoms with Crippen LogP contribution in [0.1, 0.15) is 32.6 Å². The summed E-state index contributed by atoms with van der Waals surface area (Å²) in [6.07, 6.45) is 2.70. The van der Waals surface area contributed by atoms with E-state index in [0.29, 0.717) is 13.0 Å². The lowest BCUT2D eigenvalue weighted by molar-refractivity contribution is -0.137. The molecule has 0 saturated carbocycles. The summed E-state index contributed by atoms with van der Waals surface area (Å²) in [6.45, 7) is 2.54. The molecule has 5 heteroatoms. The van der Waals surface area contributed by atoms with E-state index < -0.39 is 5.97 Å². The fourth-order valence-electron chi connectivity index (χ4n) is 0.915. The van der Waals surface area contributed by atoms with Crippen LogP contribution in [0.3, 0.4) is 0 Å². The number of carbonyl (C=O) groups excluding carboxylic acids is 1. The van der Waals surface area contributed by atoms with Crippen molar-refractivity contribution >= 4 is 23.0 Å². The van der Waals surface area contributed by atoms with Gasteiger partial charge in [-0.25, -0.2) is 0 Å². The second kappa shape index (κ2) is 8.87. The highest BCUT2D eigenvalue weighted by Crippen LogP contribution is 2.08. The van der Waals surface area contributed by atoms with Crippen LogP contribution < -0.4 is 5.32 Å². The lowest BCUT2D eigenvalue weighted by Gasteiger charge is -2.00. The van der Waals surface area contributed by atoms with Gasteiger partial charge in [-0.2, -0.15) is 0 Å². The van der Waals surface area contributed by atoms with Crippen molar-refractivity contribution in [2.24, 2.45) is 0 Å². The van der Waals surface area contributed by atoms with Gasteiger partial charge in [0.05, 0.1) is 0 Å². The van der Waals surface area contributed by atoms with E-state index in [1.54, 1.807) is 0 Å². The first kappa shape index (κ1) is 13.3. The molecular formula is C9H17NO3S. The van der Waals surface area contributed by atoms with Crippen LogP contribution in [-0.2, 0) is 4.79 Å². The Morgan fingerprint density at radius 1 is 1.29 bits per heavy atom. The molecule has 14 heavy (non-hydrogen) atoms. The van der Waals surface area contributed by atoms with Gasteiger partial charge in [-0.3, -0.25) is 9.59 Å². The maximum Gasteiger partial charge on any atom is 0.303 e. The minimum atomic E-state index is -0.749. The fourth-order valence-corrected chi connectivity index (χ4v) is 1.70. The van der Waals surface area contributed by atoms with Gasteiger partial charge in [0.25, 0.3) is 5.24 Å². The Kier molecular flexibility index (Phi) is 8.42. The molecule has 0 radical (unpaired) electrons. The number of aliphatic carboxylic acids is 1. The van der Waals surface area contributed by atoms with Crippen molar-refractivity contribution < 1.29 is 14.7 Å². The molecule has 82 valence electrons. The largest absolute Gasteiger partial charge is 0.481 e. The van der Waals surface area contributed by atoms with E-state index in [4.69, 9.17) is 5.11 Å². The molecule has 0 bridgehead atoms. The molecule has 0 aromatic carbocycles. The summed E-state index contributed by atoms with van der Waals surface area (Å²) in [4.78, 5) is 21.1. The molecule has 0 aliphatic heterocycles. The Morgan fingerprint density at radius 3 is 2.57 bits per heavy atom. The van der Waals surface area contributed by atoms with Gasteiger partial charge < -0.3 is 10.4 Å². The van der Waals surface area contributed by atoms with Crippen molar-refractivity contribution in [3.63, 3.8) is 0 Å². The normalized spacial score (nSPS) is 9.79. The SMILES string of the molecule is CCNC(=O)SCCCCCC(=O)O. The van der Waals surface area contributed by atoms with Crippen LogP contribution in [0.2, 0.25) is 0 Å². The summed E-state index contributed by atoms with van der Waals surface area (Å²) < 4.78 is 0. The average Bonchev–Trinajstić information content (AvgIpc) is 2.11. The van der Waals surface area contributed by atoms with Crippen molar-refractivity contribution in [2.45, 2.75) is 32.6 Å². The van der Waals surface area contributed by atoms with Gasteiger partial charge >= 0.3 is 5.97 Å². The lowest BCUT2D eigenvalue weighted by Crippen LogP contribution is -2.17. The van der Waals surface area contributed by atoms with Crippen molar-refractivity contribution in [3.8, 4) is 0 Å². The van der Waals surface area contributed by atoms with Gasteiger partial charge in [-0.05, 0) is 19.8 Å². The minimum Gasteiger partial charge on any atom is -0.481 e. The van der Waals surface area contributed by atoms with E-state index in [-0.39, 0.29) is 11.7 Å². The number of carbonyl (C=O) groups is 2. The summed E-state index contributed by atoms with van der Waals surface area (Å²) in [5.41, 5.74) is 0. The Bertz CT molecular complexity index is 185. The second-order valence-corrected chi connectivity index (χ2v) is 3.94. The van der Waals surface area contributed by atoms with Gasteiger partial charge in [0.1, 0.15) is 0 Å². The number of unbranched alkanes of at least 4 members (excludes halogenated alkanes) is 2. The van der Waals surface area contributed by atoms with Crippen LogP contribution in [0, 0.1) is 0 Å². The van der Waals surface area contributed by atoms with Gasteiger partial charge in [-0.15, -0.1) is 0 Å². The lowest BCUT2D eigenvalue weighted by atomic mass is 10.2. The topological polar surface area (TPSA) is 66.4 Å². The molecule has 0 spiro atoms. The Balaban J connectivity index is 3.13. The Hall–Kier alpha value is -0.710. The molecule has 0 rings (SSSR count). The first-order chi connectivity index (χ1) is 6.66. The van der Waals surface area contributed by atoms with Gasteiger partial charge in [0.15, 0.2) is 0 Å². The smallest absolute Gasteiger partial charge is 0.303 e. The van der Waals surface area contributed by atoms with Crippen molar-refractivity contribution in [1.82, 2.24) is 5.32 Å². The van der Waals surface area contributed by atoms with Crippen molar-refractivity contribution in [2.75, 3.05) is 12.3 Å². The molecule has 1 amide bonds. The van der Waals surface area contributed by atoms with E-state index in [1.165, 1.54) is 11.8 Å². The third-order valence-electron chi connectivity index (χ3n) is 1.59. The van der Waals surface area contributed by atoms with E-state index >= 15 is 0 Å². The molecule has 0 heterocycles. The Labute approximate surface area is 88.4 Å². The van der Waals surface area contributed by atoms with Crippen molar-refractivity contribution in [3.05, 3.63) is 0 Å². The minimum absolute atomic E-state index is 0.00531. The molecule has 0 fully saturated rings. The third kappa shape index (κ3) is 9.38. The summed E-state index contributed by atoms with van der Waals surface area (Å²) in [5, 5.41) is 11.0. The number of hydrogen-bond donors (Lipinski definition) is 2. The predicted molar refractivity (Wildman–Crippen MR) is 57.6 cm³/mol. The molecule has 0 aliphatic carbocycles. The second-order valence-electron chi connectivity index (χ2n) is 2.87. The van der Waals surface area contributed by atoms with Crippen LogP contribution in [-0.4, -0.2) is 28.6 Å². The number of hydrogen-bond acceptors (Lipinski definition) is 3. The van der Waals surface area contributed by atoms with Gasteiger partial charge in [0, 0.05) is 18.7 Å². The van der Waals surface area contributed by atoms with Crippen LogP contribution in [0.4, 0.5) is 4.79 Å². The molecule has 2 N–H and O–H groups in total. The maximum atomic E-state index is 10.9. The zero-order valence-corrected chi connectivity index (χ0v) is 9.23. The van der Waals surface area contributed by atoms with Gasteiger partial charge in [0.2, 0.25) is 0 Å². The quantitative estimate of drug-likeness (QED) is 0.643.